The smallest absolute Gasteiger partial charge is 0.269 e. The van der Waals surface area contributed by atoms with E-state index in [0.29, 0.717) is 0 Å². The van der Waals surface area contributed by atoms with Crippen LogP contribution in [0.1, 0.15) is 10.5 Å². The normalized spacial score (nSPS) is 10.3. The maximum Gasteiger partial charge on any atom is 0.269 e. The molecule has 0 spiro atoms. The van der Waals surface area contributed by atoms with Crippen molar-refractivity contribution in [3.8, 4) is 11.3 Å². The third-order valence-corrected chi connectivity index (χ3v) is 2.60. The Kier molecular flexibility index (Phi) is 3.16. The number of aromatic nitrogens is 1. The minimum Gasteiger partial charge on any atom is -0.397 e. The molecule has 0 aliphatic rings. The fourth-order valence-corrected chi connectivity index (χ4v) is 1.67. The van der Waals surface area contributed by atoms with E-state index in [0.717, 1.165) is 0 Å². The molecule has 0 aliphatic carbocycles. The van der Waals surface area contributed by atoms with E-state index in [-0.39, 0.29) is 27.7 Å². The van der Waals surface area contributed by atoms with Crippen molar-refractivity contribution in [2.75, 3.05) is 5.73 Å². The Hall–Kier alpha value is -2.14. The van der Waals surface area contributed by atoms with Gasteiger partial charge in [-0.3, -0.25) is 4.79 Å². The first-order valence-electron chi connectivity index (χ1n) is 5.01. The van der Waals surface area contributed by atoms with E-state index in [9.17, 15) is 9.18 Å². The highest BCUT2D eigenvalue weighted by atomic mass is 35.5. The van der Waals surface area contributed by atoms with Crippen molar-refractivity contribution >= 4 is 23.2 Å². The zero-order valence-electron chi connectivity index (χ0n) is 9.15. The second-order valence-corrected chi connectivity index (χ2v) is 4.06. The van der Waals surface area contributed by atoms with Crippen LogP contribution >= 0.6 is 11.6 Å². The van der Waals surface area contributed by atoms with Crippen molar-refractivity contribution in [3.05, 3.63) is 46.9 Å². The number of nitrogens with zero attached hydrogens (tertiary/aromatic N) is 1. The lowest BCUT2D eigenvalue weighted by molar-refractivity contribution is 0.0996. The predicted molar refractivity (Wildman–Crippen MR) is 67.6 cm³/mol. The lowest BCUT2D eigenvalue weighted by Crippen LogP contribution is -2.16. The molecule has 1 amide bonds. The van der Waals surface area contributed by atoms with Gasteiger partial charge in [0.05, 0.1) is 11.4 Å². The highest BCUT2D eigenvalue weighted by molar-refractivity contribution is 6.30. The molecule has 0 saturated carbocycles. The van der Waals surface area contributed by atoms with Gasteiger partial charge in [0, 0.05) is 10.6 Å². The molecule has 1 aromatic heterocycles. The molecular weight excluding hydrogens is 257 g/mol. The Morgan fingerprint density at radius 2 is 2.00 bits per heavy atom. The molecule has 2 aromatic rings. The van der Waals surface area contributed by atoms with Gasteiger partial charge in [-0.05, 0) is 30.3 Å². The molecule has 4 N–H and O–H groups in total. The molecule has 0 unspecified atom stereocenters. The Bertz CT molecular complexity index is 631. The van der Waals surface area contributed by atoms with Crippen LogP contribution in [0.15, 0.2) is 30.3 Å². The number of halogens is 2. The quantitative estimate of drug-likeness (QED) is 0.873. The summed E-state index contributed by atoms with van der Waals surface area (Å²) >= 11 is 5.66. The molecule has 2 rings (SSSR count). The second kappa shape index (κ2) is 4.62. The molecule has 18 heavy (non-hydrogen) atoms. The average molecular weight is 266 g/mol. The van der Waals surface area contributed by atoms with Crippen molar-refractivity contribution in [3.63, 3.8) is 0 Å². The lowest BCUT2D eigenvalue weighted by Gasteiger charge is -2.06. The molecule has 1 aromatic carbocycles. The number of hydrogen-bond donors (Lipinski definition) is 2. The van der Waals surface area contributed by atoms with Crippen LogP contribution in [0.25, 0.3) is 11.3 Å². The molecule has 0 fully saturated rings. The first kappa shape index (κ1) is 12.3. The van der Waals surface area contributed by atoms with Crippen LogP contribution in [0, 0.1) is 5.82 Å². The van der Waals surface area contributed by atoms with Gasteiger partial charge in [0.15, 0.2) is 5.69 Å². The molecule has 1 heterocycles. The minimum absolute atomic E-state index is 0.0816. The van der Waals surface area contributed by atoms with E-state index in [1.54, 1.807) is 0 Å². The number of nitrogen functional groups attached to an aromatic ring is 1. The van der Waals surface area contributed by atoms with Gasteiger partial charge in [-0.25, -0.2) is 9.37 Å². The topological polar surface area (TPSA) is 82.0 Å². The third-order valence-electron chi connectivity index (χ3n) is 2.37. The van der Waals surface area contributed by atoms with Gasteiger partial charge in [0.1, 0.15) is 5.82 Å². The Balaban J connectivity index is 2.58. The highest BCUT2D eigenvalue weighted by Crippen LogP contribution is 2.25. The van der Waals surface area contributed by atoms with Crippen LogP contribution in [-0.4, -0.2) is 10.9 Å². The summed E-state index contributed by atoms with van der Waals surface area (Å²) in [4.78, 5) is 15.1. The standard InChI is InChI=1S/C12H9ClFN3O/c13-6-1-2-7(8(14)5-6)10-4-3-9(15)11(17-10)12(16)18/h1-5H,15H2,(H2,16,18). The Morgan fingerprint density at radius 1 is 1.28 bits per heavy atom. The van der Waals surface area contributed by atoms with Gasteiger partial charge in [-0.15, -0.1) is 0 Å². The number of nitrogens with two attached hydrogens (primary N) is 2. The number of hydrogen-bond acceptors (Lipinski definition) is 3. The van der Waals surface area contributed by atoms with Crippen molar-refractivity contribution in [2.45, 2.75) is 0 Å². The summed E-state index contributed by atoms with van der Waals surface area (Å²) in [6.45, 7) is 0. The molecule has 0 aliphatic heterocycles. The molecule has 0 bridgehead atoms. The second-order valence-electron chi connectivity index (χ2n) is 3.62. The van der Waals surface area contributed by atoms with Gasteiger partial charge in [-0.2, -0.15) is 0 Å². The molecule has 6 heteroatoms. The summed E-state index contributed by atoms with van der Waals surface area (Å²) in [5.41, 5.74) is 11.2. The van der Waals surface area contributed by atoms with Crippen LogP contribution in [0.3, 0.4) is 0 Å². The van der Waals surface area contributed by atoms with Crippen LogP contribution in [-0.2, 0) is 0 Å². The predicted octanol–water partition coefficient (Wildman–Crippen LogP) is 2.22. The summed E-state index contributed by atoms with van der Waals surface area (Å²) in [5.74, 6) is -1.29. The van der Waals surface area contributed by atoms with Gasteiger partial charge in [0.2, 0.25) is 0 Å². The van der Waals surface area contributed by atoms with Gasteiger partial charge in [-0.1, -0.05) is 11.6 Å². The summed E-state index contributed by atoms with van der Waals surface area (Å²) in [6.07, 6.45) is 0. The summed E-state index contributed by atoms with van der Waals surface area (Å²) in [6, 6.07) is 7.13. The zero-order chi connectivity index (χ0) is 13.3. The van der Waals surface area contributed by atoms with E-state index in [2.05, 4.69) is 4.98 Å². The van der Waals surface area contributed by atoms with Crippen LogP contribution < -0.4 is 11.5 Å². The molecule has 0 atom stereocenters. The van der Waals surface area contributed by atoms with Gasteiger partial charge in [0.25, 0.3) is 5.91 Å². The number of pyridine rings is 1. The maximum absolute atomic E-state index is 13.7. The van der Waals surface area contributed by atoms with Gasteiger partial charge < -0.3 is 11.5 Å². The monoisotopic (exact) mass is 265 g/mol. The van der Waals surface area contributed by atoms with E-state index >= 15 is 0 Å². The van der Waals surface area contributed by atoms with Crippen LogP contribution in [0.5, 0.6) is 0 Å². The Morgan fingerprint density at radius 3 is 2.61 bits per heavy atom. The SMILES string of the molecule is NC(=O)c1nc(-c2ccc(Cl)cc2F)ccc1N. The zero-order valence-corrected chi connectivity index (χ0v) is 9.91. The molecule has 0 radical (unpaired) electrons. The number of carbonyl (C=O) groups is 1. The van der Waals surface area contributed by atoms with Crippen LogP contribution in [0.2, 0.25) is 5.02 Å². The number of anilines is 1. The number of carbonyl (C=O) groups excluding carboxylic acids is 1. The first-order valence-corrected chi connectivity index (χ1v) is 5.38. The van der Waals surface area contributed by atoms with Crippen molar-refractivity contribution in [1.29, 1.82) is 0 Å². The van der Waals surface area contributed by atoms with Gasteiger partial charge >= 0.3 is 0 Å². The summed E-state index contributed by atoms with van der Waals surface area (Å²) < 4.78 is 13.7. The fourth-order valence-electron chi connectivity index (χ4n) is 1.51. The van der Waals surface area contributed by atoms with E-state index in [4.69, 9.17) is 23.1 Å². The third kappa shape index (κ3) is 2.26. The van der Waals surface area contributed by atoms with E-state index in [1.165, 1.54) is 30.3 Å². The Labute approximate surface area is 107 Å². The molecule has 4 nitrogen and oxygen atoms in total. The maximum atomic E-state index is 13.7. The van der Waals surface area contributed by atoms with E-state index < -0.39 is 11.7 Å². The average Bonchev–Trinajstić information content (AvgIpc) is 2.30. The first-order chi connectivity index (χ1) is 8.49. The number of benzene rings is 1. The molecule has 92 valence electrons. The van der Waals surface area contributed by atoms with Crippen LogP contribution in [0.4, 0.5) is 10.1 Å². The van der Waals surface area contributed by atoms with Crippen molar-refractivity contribution in [2.24, 2.45) is 5.73 Å². The number of amides is 1. The number of primary amides is 1. The lowest BCUT2D eigenvalue weighted by atomic mass is 10.1. The van der Waals surface area contributed by atoms with Crippen molar-refractivity contribution in [1.82, 2.24) is 4.98 Å². The summed E-state index contributed by atoms with van der Waals surface area (Å²) in [7, 11) is 0. The minimum atomic E-state index is -0.760. The van der Waals surface area contributed by atoms with E-state index in [1.807, 2.05) is 0 Å². The summed E-state index contributed by atoms with van der Waals surface area (Å²) in [5, 5.41) is 0.279. The highest BCUT2D eigenvalue weighted by Gasteiger charge is 2.12. The largest absolute Gasteiger partial charge is 0.397 e. The number of rotatable bonds is 2. The van der Waals surface area contributed by atoms with Crippen molar-refractivity contribution < 1.29 is 9.18 Å². The molecular formula is C12H9ClFN3O. The molecule has 0 saturated heterocycles. The fraction of sp³-hybridized carbons (Fsp3) is 0.